The van der Waals surface area contributed by atoms with E-state index in [2.05, 4.69) is 0 Å². The number of nitrogens with zero attached hydrogens (tertiary/aromatic N) is 2. The molecule has 0 N–H and O–H groups in total. The molecule has 1 aromatic carbocycles. The molecule has 3 rings (SSSR count). The third-order valence-corrected chi connectivity index (χ3v) is 6.24. The molecule has 2 aliphatic heterocycles. The highest BCUT2D eigenvalue weighted by Gasteiger charge is 2.31. The maximum absolute atomic E-state index is 12.8. The van der Waals surface area contributed by atoms with Crippen LogP contribution in [0.5, 0.6) is 5.75 Å². The second kappa shape index (κ2) is 6.13. The summed E-state index contributed by atoms with van der Waals surface area (Å²) >= 11 is 0. The first kappa shape index (κ1) is 16.3. The summed E-state index contributed by atoms with van der Waals surface area (Å²) in [5.74, 6) is 0.794. The fraction of sp³-hybridized carbons (Fsp3) is 0.562. The van der Waals surface area contributed by atoms with Gasteiger partial charge in [-0.3, -0.25) is 4.79 Å². The zero-order valence-corrected chi connectivity index (χ0v) is 14.3. The van der Waals surface area contributed by atoms with Gasteiger partial charge in [-0.05, 0) is 23.8 Å². The van der Waals surface area contributed by atoms with Gasteiger partial charge in [0.1, 0.15) is 5.75 Å². The first-order valence-corrected chi connectivity index (χ1v) is 9.38. The van der Waals surface area contributed by atoms with Gasteiger partial charge in [0.25, 0.3) is 0 Å². The van der Waals surface area contributed by atoms with E-state index in [1.807, 2.05) is 13.8 Å². The summed E-state index contributed by atoms with van der Waals surface area (Å²) in [6, 6.07) is 5.04. The van der Waals surface area contributed by atoms with Crippen LogP contribution in [0.1, 0.15) is 19.4 Å². The van der Waals surface area contributed by atoms with Gasteiger partial charge in [0.05, 0.1) is 11.5 Å². The molecule has 126 valence electrons. The number of sulfonamides is 1. The number of benzene rings is 1. The molecule has 0 aliphatic carbocycles. The average molecular weight is 338 g/mol. The van der Waals surface area contributed by atoms with Crippen molar-refractivity contribution in [1.29, 1.82) is 0 Å². The van der Waals surface area contributed by atoms with Crippen molar-refractivity contribution in [3.63, 3.8) is 0 Å². The average Bonchev–Trinajstić information content (AvgIpc) is 3.01. The van der Waals surface area contributed by atoms with Gasteiger partial charge in [0, 0.05) is 38.5 Å². The van der Waals surface area contributed by atoms with Crippen molar-refractivity contribution in [3.05, 3.63) is 23.8 Å². The molecule has 1 fully saturated rings. The van der Waals surface area contributed by atoms with Crippen LogP contribution in [0.4, 0.5) is 0 Å². The molecule has 7 heteroatoms. The maximum atomic E-state index is 12.8. The lowest BCUT2D eigenvalue weighted by molar-refractivity contribution is -0.135. The number of rotatable bonds is 3. The lowest BCUT2D eigenvalue weighted by atomic mass is 10.2. The fourth-order valence-corrected chi connectivity index (χ4v) is 4.46. The Bertz CT molecular complexity index is 707. The number of piperazine rings is 1. The maximum Gasteiger partial charge on any atom is 0.243 e. The predicted molar refractivity (Wildman–Crippen MR) is 85.8 cm³/mol. The van der Waals surface area contributed by atoms with E-state index in [4.69, 9.17) is 4.74 Å². The molecule has 0 radical (unpaired) electrons. The summed E-state index contributed by atoms with van der Waals surface area (Å²) in [5, 5.41) is 0. The smallest absolute Gasteiger partial charge is 0.243 e. The van der Waals surface area contributed by atoms with Gasteiger partial charge < -0.3 is 9.64 Å². The minimum Gasteiger partial charge on any atom is -0.493 e. The lowest BCUT2D eigenvalue weighted by Gasteiger charge is -2.34. The minimum absolute atomic E-state index is 0.0603. The molecule has 2 heterocycles. The summed E-state index contributed by atoms with van der Waals surface area (Å²) in [6.45, 7) is 5.91. The SMILES string of the molecule is CC(C)C(=O)N1CCN(S(=O)(=O)c2ccc3c(c2)CCO3)CC1. The summed E-state index contributed by atoms with van der Waals surface area (Å²) in [7, 11) is -3.51. The lowest BCUT2D eigenvalue weighted by Crippen LogP contribution is -2.51. The molecule has 2 aliphatic rings. The molecule has 1 saturated heterocycles. The van der Waals surface area contributed by atoms with Gasteiger partial charge in [0.2, 0.25) is 15.9 Å². The van der Waals surface area contributed by atoms with E-state index in [0.29, 0.717) is 37.7 Å². The van der Waals surface area contributed by atoms with Crippen molar-refractivity contribution >= 4 is 15.9 Å². The van der Waals surface area contributed by atoms with E-state index in [-0.39, 0.29) is 11.8 Å². The van der Waals surface area contributed by atoms with E-state index in [0.717, 1.165) is 17.7 Å². The van der Waals surface area contributed by atoms with E-state index >= 15 is 0 Å². The van der Waals surface area contributed by atoms with Crippen molar-refractivity contribution < 1.29 is 17.9 Å². The van der Waals surface area contributed by atoms with Crippen molar-refractivity contribution in [2.75, 3.05) is 32.8 Å². The van der Waals surface area contributed by atoms with Crippen molar-refractivity contribution in [2.45, 2.75) is 25.2 Å². The summed E-state index contributed by atoms with van der Waals surface area (Å²) < 4.78 is 32.4. The van der Waals surface area contributed by atoms with Crippen LogP contribution >= 0.6 is 0 Å². The van der Waals surface area contributed by atoms with E-state index in [1.54, 1.807) is 23.1 Å². The standard InChI is InChI=1S/C16H22N2O4S/c1-12(2)16(19)17-6-8-18(9-7-17)23(20,21)14-3-4-15-13(11-14)5-10-22-15/h3-4,11-12H,5-10H2,1-2H3. The highest BCUT2D eigenvalue weighted by molar-refractivity contribution is 7.89. The molecule has 0 unspecified atom stereocenters. The van der Waals surface area contributed by atoms with Crippen LogP contribution in [-0.4, -0.2) is 56.3 Å². The van der Waals surface area contributed by atoms with Crippen LogP contribution in [0.3, 0.4) is 0 Å². The molecule has 6 nitrogen and oxygen atoms in total. The van der Waals surface area contributed by atoms with Gasteiger partial charge in [-0.2, -0.15) is 4.31 Å². The topological polar surface area (TPSA) is 66.9 Å². The van der Waals surface area contributed by atoms with Crippen LogP contribution < -0.4 is 4.74 Å². The molecule has 0 bridgehead atoms. The summed E-state index contributed by atoms with van der Waals surface area (Å²) in [5.41, 5.74) is 0.944. The van der Waals surface area contributed by atoms with Gasteiger partial charge in [0.15, 0.2) is 0 Å². The Labute approximate surface area is 137 Å². The molecule has 23 heavy (non-hydrogen) atoms. The zero-order chi connectivity index (χ0) is 16.6. The second-order valence-corrected chi connectivity index (χ2v) is 8.19. The second-order valence-electron chi connectivity index (χ2n) is 6.25. The quantitative estimate of drug-likeness (QED) is 0.828. The fourth-order valence-electron chi connectivity index (χ4n) is 2.99. The van der Waals surface area contributed by atoms with E-state index < -0.39 is 10.0 Å². The number of fused-ring (bicyclic) bond motifs is 1. The Morgan fingerprint density at radius 3 is 2.52 bits per heavy atom. The Hall–Kier alpha value is -1.60. The minimum atomic E-state index is -3.51. The third-order valence-electron chi connectivity index (χ3n) is 4.34. The van der Waals surface area contributed by atoms with Crippen LogP contribution in [-0.2, 0) is 21.2 Å². The zero-order valence-electron chi connectivity index (χ0n) is 13.5. The molecule has 0 atom stereocenters. The van der Waals surface area contributed by atoms with Crippen molar-refractivity contribution in [3.8, 4) is 5.75 Å². The summed E-state index contributed by atoms with van der Waals surface area (Å²) in [6.07, 6.45) is 0.745. The number of ether oxygens (including phenoxy) is 1. The van der Waals surface area contributed by atoms with Crippen LogP contribution in [0.25, 0.3) is 0 Å². The first-order chi connectivity index (χ1) is 10.9. The van der Waals surface area contributed by atoms with Gasteiger partial charge in [-0.1, -0.05) is 13.8 Å². The monoisotopic (exact) mass is 338 g/mol. The van der Waals surface area contributed by atoms with Crippen LogP contribution in [0.15, 0.2) is 23.1 Å². The first-order valence-electron chi connectivity index (χ1n) is 7.94. The number of amides is 1. The van der Waals surface area contributed by atoms with Crippen molar-refractivity contribution in [1.82, 2.24) is 9.21 Å². The Kier molecular flexibility index (Phi) is 4.33. The Morgan fingerprint density at radius 2 is 1.87 bits per heavy atom. The molecule has 1 aromatic rings. The molecular weight excluding hydrogens is 316 g/mol. The largest absolute Gasteiger partial charge is 0.493 e. The van der Waals surface area contributed by atoms with Gasteiger partial charge >= 0.3 is 0 Å². The highest BCUT2D eigenvalue weighted by Crippen LogP contribution is 2.29. The van der Waals surface area contributed by atoms with Crippen LogP contribution in [0, 0.1) is 5.92 Å². The highest BCUT2D eigenvalue weighted by atomic mass is 32.2. The predicted octanol–water partition coefficient (Wildman–Crippen LogP) is 1.11. The van der Waals surface area contributed by atoms with Gasteiger partial charge in [-0.25, -0.2) is 8.42 Å². The number of hydrogen-bond donors (Lipinski definition) is 0. The molecule has 0 spiro atoms. The Balaban J connectivity index is 1.73. The van der Waals surface area contributed by atoms with Gasteiger partial charge in [-0.15, -0.1) is 0 Å². The molecular formula is C16H22N2O4S. The van der Waals surface area contributed by atoms with E-state index in [9.17, 15) is 13.2 Å². The summed E-state index contributed by atoms with van der Waals surface area (Å²) in [4.78, 5) is 14.1. The molecule has 1 amide bonds. The normalized spacial score (nSPS) is 18.8. The molecule has 0 aromatic heterocycles. The van der Waals surface area contributed by atoms with Crippen molar-refractivity contribution in [2.24, 2.45) is 5.92 Å². The third kappa shape index (κ3) is 3.07. The number of carbonyl (C=O) groups is 1. The number of hydrogen-bond acceptors (Lipinski definition) is 4. The van der Waals surface area contributed by atoms with Crippen LogP contribution in [0.2, 0.25) is 0 Å². The number of carbonyl (C=O) groups excluding carboxylic acids is 1. The Morgan fingerprint density at radius 1 is 1.17 bits per heavy atom. The van der Waals surface area contributed by atoms with E-state index in [1.165, 1.54) is 4.31 Å². The molecule has 0 saturated carbocycles.